The maximum Gasteiger partial charge on any atom is 0.239 e. The molecule has 1 fully saturated rings. The summed E-state index contributed by atoms with van der Waals surface area (Å²) >= 11 is 0. The molecule has 4 heteroatoms. The van der Waals surface area contributed by atoms with E-state index in [9.17, 15) is 9.90 Å². The van der Waals surface area contributed by atoms with Crippen molar-refractivity contribution >= 4 is 5.91 Å². The van der Waals surface area contributed by atoms with Crippen LogP contribution in [0.2, 0.25) is 0 Å². The summed E-state index contributed by atoms with van der Waals surface area (Å²) in [5, 5.41) is 9.87. The van der Waals surface area contributed by atoms with Gasteiger partial charge in [0.05, 0.1) is 12.1 Å². The van der Waals surface area contributed by atoms with Crippen LogP contribution in [0.5, 0.6) is 0 Å². The molecule has 1 N–H and O–H groups in total. The molecular formula is C13H26N2O2. The van der Waals surface area contributed by atoms with Crippen LogP contribution in [0.3, 0.4) is 0 Å². The topological polar surface area (TPSA) is 43.8 Å². The first kappa shape index (κ1) is 14.5. The largest absolute Gasteiger partial charge is 0.392 e. The molecule has 0 aromatic rings. The van der Waals surface area contributed by atoms with Crippen LogP contribution in [0.25, 0.3) is 0 Å². The van der Waals surface area contributed by atoms with Gasteiger partial charge in [0.25, 0.3) is 0 Å². The molecule has 0 radical (unpaired) electrons. The van der Waals surface area contributed by atoms with Crippen molar-refractivity contribution in [3.05, 3.63) is 0 Å². The van der Waals surface area contributed by atoms with Crippen molar-refractivity contribution in [1.82, 2.24) is 9.80 Å². The fourth-order valence-corrected chi connectivity index (χ4v) is 1.82. The number of aliphatic hydroxyl groups is 1. The Morgan fingerprint density at radius 3 is 2.24 bits per heavy atom. The van der Waals surface area contributed by atoms with Crippen LogP contribution in [0.4, 0.5) is 0 Å². The summed E-state index contributed by atoms with van der Waals surface area (Å²) in [5.41, 5.74) is 0. The van der Waals surface area contributed by atoms with E-state index in [2.05, 4.69) is 0 Å². The number of nitrogens with zero attached hydrogens (tertiary/aromatic N) is 2. The number of hydrogen-bond acceptors (Lipinski definition) is 3. The fourth-order valence-electron chi connectivity index (χ4n) is 1.82. The van der Waals surface area contributed by atoms with Gasteiger partial charge in [-0.1, -0.05) is 0 Å². The normalized spacial score (nSPS) is 19.5. The van der Waals surface area contributed by atoms with E-state index < -0.39 is 0 Å². The predicted molar refractivity (Wildman–Crippen MR) is 68.7 cm³/mol. The summed E-state index contributed by atoms with van der Waals surface area (Å²) in [4.78, 5) is 15.8. The van der Waals surface area contributed by atoms with E-state index in [1.807, 2.05) is 39.8 Å². The molecule has 0 bridgehead atoms. The molecule has 0 spiro atoms. The minimum atomic E-state index is -0.278. The zero-order valence-electron chi connectivity index (χ0n) is 11.7. The standard InChI is InChI=1S/C13H26N2O2/c1-9(2)15(5)13(17)10(3)14(4)8-12(16)11-6-7-11/h9-12,16H,6-8H2,1-5H3. The van der Waals surface area contributed by atoms with Gasteiger partial charge in [-0.2, -0.15) is 0 Å². The van der Waals surface area contributed by atoms with Gasteiger partial charge in [0, 0.05) is 19.6 Å². The van der Waals surface area contributed by atoms with E-state index in [0.717, 1.165) is 12.8 Å². The Hall–Kier alpha value is -0.610. The van der Waals surface area contributed by atoms with Crippen molar-refractivity contribution in [3.8, 4) is 0 Å². The van der Waals surface area contributed by atoms with Crippen LogP contribution in [-0.4, -0.2) is 59.6 Å². The number of likely N-dealkylation sites (N-methyl/N-ethyl adjacent to an activating group) is 2. The lowest BCUT2D eigenvalue weighted by molar-refractivity contribution is -0.136. The third-order valence-corrected chi connectivity index (χ3v) is 3.78. The second kappa shape index (κ2) is 5.83. The highest BCUT2D eigenvalue weighted by molar-refractivity contribution is 5.81. The molecule has 4 nitrogen and oxygen atoms in total. The first-order valence-corrected chi connectivity index (χ1v) is 6.49. The Morgan fingerprint density at radius 2 is 1.82 bits per heavy atom. The van der Waals surface area contributed by atoms with Crippen LogP contribution in [0.1, 0.15) is 33.6 Å². The van der Waals surface area contributed by atoms with E-state index >= 15 is 0 Å². The third kappa shape index (κ3) is 3.96. The summed E-state index contributed by atoms with van der Waals surface area (Å²) in [6.45, 7) is 6.50. The summed E-state index contributed by atoms with van der Waals surface area (Å²) in [6.07, 6.45) is 1.98. The van der Waals surface area contributed by atoms with Crippen LogP contribution in [0.15, 0.2) is 0 Å². The summed E-state index contributed by atoms with van der Waals surface area (Å²) in [7, 11) is 3.73. The predicted octanol–water partition coefficient (Wildman–Crippen LogP) is 0.944. The molecule has 2 atom stereocenters. The summed E-state index contributed by atoms with van der Waals surface area (Å²) in [5.74, 6) is 0.577. The minimum Gasteiger partial charge on any atom is -0.392 e. The SMILES string of the molecule is CC(C(=O)N(C)C(C)C)N(C)CC(O)C1CC1. The van der Waals surface area contributed by atoms with E-state index in [-0.39, 0.29) is 24.1 Å². The van der Waals surface area contributed by atoms with Crippen molar-refractivity contribution in [2.24, 2.45) is 5.92 Å². The zero-order chi connectivity index (χ0) is 13.2. The van der Waals surface area contributed by atoms with Crippen LogP contribution in [-0.2, 0) is 4.79 Å². The average molecular weight is 242 g/mol. The minimum absolute atomic E-state index is 0.116. The molecule has 0 aliphatic heterocycles. The smallest absolute Gasteiger partial charge is 0.239 e. The van der Waals surface area contributed by atoms with E-state index in [1.165, 1.54) is 0 Å². The lowest BCUT2D eigenvalue weighted by Crippen LogP contribution is -2.48. The lowest BCUT2D eigenvalue weighted by Gasteiger charge is -2.31. The number of aliphatic hydroxyl groups excluding tert-OH is 1. The van der Waals surface area contributed by atoms with Crippen LogP contribution >= 0.6 is 0 Å². The first-order chi connectivity index (χ1) is 7.84. The first-order valence-electron chi connectivity index (χ1n) is 6.49. The number of rotatable bonds is 6. The van der Waals surface area contributed by atoms with Gasteiger partial charge >= 0.3 is 0 Å². The third-order valence-electron chi connectivity index (χ3n) is 3.78. The Kier molecular flexibility index (Phi) is 4.95. The Balaban J connectivity index is 2.44. The number of carbonyl (C=O) groups is 1. The molecule has 17 heavy (non-hydrogen) atoms. The van der Waals surface area contributed by atoms with Gasteiger partial charge in [-0.25, -0.2) is 0 Å². The molecule has 1 rings (SSSR count). The molecule has 1 amide bonds. The Labute approximate surface area is 105 Å². The van der Waals surface area contributed by atoms with Gasteiger partial charge in [0.2, 0.25) is 5.91 Å². The molecule has 0 aromatic heterocycles. The molecule has 0 aromatic carbocycles. The van der Waals surface area contributed by atoms with E-state index in [1.54, 1.807) is 4.90 Å². The van der Waals surface area contributed by atoms with Crippen molar-refractivity contribution in [2.45, 2.75) is 51.8 Å². The van der Waals surface area contributed by atoms with Crippen LogP contribution < -0.4 is 0 Å². The van der Waals surface area contributed by atoms with Crippen molar-refractivity contribution < 1.29 is 9.90 Å². The van der Waals surface area contributed by atoms with E-state index in [4.69, 9.17) is 0 Å². The quantitative estimate of drug-likeness (QED) is 0.754. The zero-order valence-corrected chi connectivity index (χ0v) is 11.7. The van der Waals surface area contributed by atoms with Crippen molar-refractivity contribution in [2.75, 3.05) is 20.6 Å². The number of carbonyl (C=O) groups excluding carboxylic acids is 1. The molecule has 100 valence electrons. The lowest BCUT2D eigenvalue weighted by atomic mass is 10.1. The van der Waals surface area contributed by atoms with Gasteiger partial charge in [0.1, 0.15) is 0 Å². The van der Waals surface area contributed by atoms with E-state index in [0.29, 0.717) is 12.5 Å². The monoisotopic (exact) mass is 242 g/mol. The highest BCUT2D eigenvalue weighted by atomic mass is 16.3. The summed E-state index contributed by atoms with van der Waals surface area (Å²) < 4.78 is 0. The Morgan fingerprint density at radius 1 is 1.29 bits per heavy atom. The molecule has 1 saturated carbocycles. The second-order valence-corrected chi connectivity index (χ2v) is 5.56. The Bertz CT molecular complexity index is 264. The molecule has 0 heterocycles. The fraction of sp³-hybridized carbons (Fsp3) is 0.923. The van der Waals surface area contributed by atoms with Gasteiger partial charge in [-0.15, -0.1) is 0 Å². The maximum atomic E-state index is 12.1. The van der Waals surface area contributed by atoms with Gasteiger partial charge in [-0.3, -0.25) is 9.69 Å². The van der Waals surface area contributed by atoms with Crippen molar-refractivity contribution in [1.29, 1.82) is 0 Å². The number of amides is 1. The number of hydrogen-bond donors (Lipinski definition) is 1. The molecule has 0 saturated heterocycles. The highest BCUT2D eigenvalue weighted by Crippen LogP contribution is 2.32. The molecule has 1 aliphatic rings. The second-order valence-electron chi connectivity index (χ2n) is 5.56. The average Bonchev–Trinajstić information content (AvgIpc) is 3.09. The molecule has 2 unspecified atom stereocenters. The van der Waals surface area contributed by atoms with Gasteiger partial charge < -0.3 is 10.0 Å². The highest BCUT2D eigenvalue weighted by Gasteiger charge is 2.32. The van der Waals surface area contributed by atoms with Gasteiger partial charge in [0.15, 0.2) is 0 Å². The maximum absolute atomic E-state index is 12.1. The molecular weight excluding hydrogens is 216 g/mol. The summed E-state index contributed by atoms with van der Waals surface area (Å²) in [6, 6.07) is 0.0440. The van der Waals surface area contributed by atoms with Crippen molar-refractivity contribution in [3.63, 3.8) is 0 Å². The van der Waals surface area contributed by atoms with Gasteiger partial charge in [-0.05, 0) is 46.6 Å². The van der Waals surface area contributed by atoms with Crippen LogP contribution in [0, 0.1) is 5.92 Å². The molecule has 1 aliphatic carbocycles.